The third-order valence-corrected chi connectivity index (χ3v) is 62.1. The Labute approximate surface area is 202 Å². The molecule has 0 bridgehead atoms. The molecule has 9 heteroatoms. The van der Waals surface area contributed by atoms with Crippen LogP contribution in [0.1, 0.15) is 58.3 Å². The van der Waals surface area contributed by atoms with Crippen molar-refractivity contribution in [2.45, 2.75) is 141 Å². The molecule has 0 radical (unpaired) electrons. The van der Waals surface area contributed by atoms with Gasteiger partial charge in [-0.2, -0.15) is 0 Å². The zero-order valence-electron chi connectivity index (χ0n) is 23.5. The Kier molecular flexibility index (Phi) is 12.0. The Morgan fingerprint density at radius 2 is 0.742 bits per heavy atom. The van der Waals surface area contributed by atoms with E-state index in [1.165, 1.54) is 32.1 Å². The van der Waals surface area contributed by atoms with Crippen molar-refractivity contribution in [3.05, 3.63) is 0 Å². The van der Waals surface area contributed by atoms with Crippen LogP contribution in [0.5, 0.6) is 0 Å². The van der Waals surface area contributed by atoms with Gasteiger partial charge in [0.05, 0.1) is 0 Å². The molecule has 0 saturated heterocycles. The first-order valence-electron chi connectivity index (χ1n) is 12.8. The first-order chi connectivity index (χ1) is 13.6. The van der Waals surface area contributed by atoms with Gasteiger partial charge >= 0.3 is 204 Å². The summed E-state index contributed by atoms with van der Waals surface area (Å²) in [5.74, 6) is 0. The summed E-state index contributed by atoms with van der Waals surface area (Å²) >= 11 is -6.42. The van der Waals surface area contributed by atoms with Crippen molar-refractivity contribution in [2.24, 2.45) is 0 Å². The zero-order chi connectivity index (χ0) is 25.0. The third-order valence-electron chi connectivity index (χ3n) is 5.98. The summed E-state index contributed by atoms with van der Waals surface area (Å²) in [7, 11) is -8.80. The SMILES string of the molecule is CCCCCCCCC[CH2][Sn-]([F])([F])([N]([Si](C)(C)C)[Si](C)(C)C)[N]([Si](C)(C)C)[Si](C)(C)C. The Bertz CT molecular complexity index is 486. The second-order valence-electron chi connectivity index (χ2n) is 13.7. The first-order valence-corrected chi connectivity index (χ1v) is 33.3. The van der Waals surface area contributed by atoms with Gasteiger partial charge in [-0.05, 0) is 0 Å². The van der Waals surface area contributed by atoms with Crippen molar-refractivity contribution < 1.29 is 5.73 Å². The van der Waals surface area contributed by atoms with Crippen LogP contribution in [0.4, 0.5) is 5.73 Å². The standard InChI is InChI=1S/C10H21.2C6H18NSi2.2FH.Sn/c1-3-5-7-9-10-8-6-4-2;2*1-8(2,3)7-9(4,5)6;;;/h1,3-10H2,2H3;2*1-6H3;2*1H;/q;2*-1;;;+3/p-2. The van der Waals surface area contributed by atoms with Gasteiger partial charge in [-0.25, -0.2) is 0 Å². The maximum atomic E-state index is 18.0. The molecule has 31 heavy (non-hydrogen) atoms. The summed E-state index contributed by atoms with van der Waals surface area (Å²) in [5, 5.41) is 0. The second-order valence-corrected chi connectivity index (χ2v) is 49.0. The normalized spacial score (nSPS) is 16.1. The third kappa shape index (κ3) is 9.55. The van der Waals surface area contributed by atoms with Crippen molar-refractivity contribution in [3.63, 3.8) is 0 Å². The quantitative estimate of drug-likeness (QED) is 0.133. The molecule has 0 N–H and O–H groups in total. The average molecular weight is 619 g/mol. The second kappa shape index (κ2) is 11.5. The molecule has 0 rings (SSSR count). The van der Waals surface area contributed by atoms with Crippen molar-refractivity contribution in [1.82, 2.24) is 4.91 Å². The minimum absolute atomic E-state index is 0.194. The van der Waals surface area contributed by atoms with E-state index in [-0.39, 0.29) is 4.44 Å². The Morgan fingerprint density at radius 1 is 0.484 bits per heavy atom. The van der Waals surface area contributed by atoms with E-state index in [1.807, 2.05) is 0 Å². The van der Waals surface area contributed by atoms with Crippen LogP contribution in [0, 0.1) is 0 Å². The van der Waals surface area contributed by atoms with Crippen LogP contribution in [0.25, 0.3) is 0 Å². The topological polar surface area (TPSA) is 6.48 Å². The fourth-order valence-corrected chi connectivity index (χ4v) is 84.2. The Hall–Kier alpha value is 1.45. The van der Waals surface area contributed by atoms with Crippen LogP contribution in [0.3, 0.4) is 0 Å². The molecule has 0 aliphatic heterocycles. The van der Waals surface area contributed by atoms with Crippen LogP contribution < -0.4 is 0 Å². The summed E-state index contributed by atoms with van der Waals surface area (Å²) in [6, 6.07) is 0. The van der Waals surface area contributed by atoms with Gasteiger partial charge < -0.3 is 0 Å². The zero-order valence-corrected chi connectivity index (χ0v) is 30.4. The number of hydrogen-bond donors (Lipinski definition) is 0. The number of unbranched alkanes of at least 4 members (excludes halogenated alkanes) is 7. The van der Waals surface area contributed by atoms with Gasteiger partial charge in [-0.15, -0.1) is 0 Å². The van der Waals surface area contributed by atoms with Gasteiger partial charge in [0.15, 0.2) is 0 Å². The van der Waals surface area contributed by atoms with E-state index in [9.17, 15) is 0 Å². The van der Waals surface area contributed by atoms with E-state index in [0.717, 1.165) is 12.8 Å². The fraction of sp³-hybridized carbons (Fsp3) is 1.00. The molecule has 0 atom stereocenters. The molecule has 2 nitrogen and oxygen atoms in total. The summed E-state index contributed by atoms with van der Waals surface area (Å²) in [6.07, 6.45) is 9.14. The van der Waals surface area contributed by atoms with Crippen LogP contribution in [0.15, 0.2) is 0 Å². The summed E-state index contributed by atoms with van der Waals surface area (Å²) in [4.78, 5) is 0. The van der Waals surface area contributed by atoms with Gasteiger partial charge in [0, 0.05) is 0 Å². The molecule has 0 heterocycles. The molecule has 0 unspecified atom stereocenters. The van der Waals surface area contributed by atoms with E-state index in [0.29, 0.717) is 6.42 Å². The molecule has 0 fully saturated rings. The maximum absolute atomic E-state index is 18.0. The molecule has 0 saturated carbocycles. The van der Waals surface area contributed by atoms with Crippen molar-refractivity contribution in [1.29, 1.82) is 0 Å². The van der Waals surface area contributed by atoms with Crippen molar-refractivity contribution >= 4 is 51.6 Å². The van der Waals surface area contributed by atoms with Gasteiger partial charge in [0.1, 0.15) is 0 Å². The minimum atomic E-state index is -6.42. The molecular formula is C22H57F2N2Si4Sn-. The van der Waals surface area contributed by atoms with E-state index >= 15 is 5.73 Å². The van der Waals surface area contributed by atoms with Crippen LogP contribution >= 0.6 is 0 Å². The van der Waals surface area contributed by atoms with E-state index in [4.69, 9.17) is 0 Å². The average Bonchev–Trinajstić information content (AvgIpc) is 2.42. The molecule has 190 valence electrons. The van der Waals surface area contributed by atoms with Gasteiger partial charge in [-0.3, -0.25) is 0 Å². The molecule has 0 aromatic carbocycles. The number of hydrogen-bond acceptors (Lipinski definition) is 2. The number of rotatable bonds is 15. The molecule has 0 aliphatic rings. The molecule has 0 aliphatic carbocycles. The number of nitrogens with zero attached hydrogens (tertiary/aromatic N) is 2. The molecular weight excluding hydrogens is 561 g/mol. The van der Waals surface area contributed by atoms with Crippen LogP contribution in [-0.2, 0) is 0 Å². The molecule has 0 amide bonds. The summed E-state index contributed by atoms with van der Waals surface area (Å²) in [5.41, 5.74) is 0. The Balaban J connectivity index is 6.14. The first kappa shape index (κ1) is 32.4. The van der Waals surface area contributed by atoms with Gasteiger partial charge in [0.25, 0.3) is 0 Å². The molecule has 0 aromatic heterocycles. The predicted octanol–water partition coefficient (Wildman–Crippen LogP) is 9.40. The van der Waals surface area contributed by atoms with Crippen LogP contribution in [-0.4, -0.2) is 56.5 Å². The van der Waals surface area contributed by atoms with E-state index in [2.05, 4.69) is 90.4 Å². The predicted molar refractivity (Wildman–Crippen MR) is 152 cm³/mol. The van der Waals surface area contributed by atoms with Gasteiger partial charge in [0.2, 0.25) is 0 Å². The molecule has 0 aromatic rings. The Morgan fingerprint density at radius 3 is 1.00 bits per heavy atom. The summed E-state index contributed by atoms with van der Waals surface area (Å²) < 4.78 is 40.3. The monoisotopic (exact) mass is 619 g/mol. The van der Waals surface area contributed by atoms with E-state index < -0.39 is 51.6 Å². The fourth-order valence-electron chi connectivity index (χ4n) is 6.45. The van der Waals surface area contributed by atoms with Crippen molar-refractivity contribution in [2.75, 3.05) is 0 Å². The van der Waals surface area contributed by atoms with Crippen LogP contribution in [0.2, 0.25) is 83.0 Å². The number of halogens is 2. The van der Waals surface area contributed by atoms with Crippen molar-refractivity contribution in [3.8, 4) is 0 Å². The van der Waals surface area contributed by atoms with E-state index in [1.54, 1.807) is 0 Å². The summed E-state index contributed by atoms with van der Waals surface area (Å²) in [6.45, 7) is 28.4. The molecule has 0 spiro atoms. The van der Waals surface area contributed by atoms with Gasteiger partial charge in [-0.1, -0.05) is 0 Å².